The first kappa shape index (κ1) is 20.1. The van der Waals surface area contributed by atoms with E-state index in [2.05, 4.69) is 16.4 Å². The summed E-state index contributed by atoms with van der Waals surface area (Å²) in [6.45, 7) is 5.00. The molecule has 2 heterocycles. The first-order valence-electron chi connectivity index (χ1n) is 9.86. The van der Waals surface area contributed by atoms with Crippen LogP contribution >= 0.6 is 11.3 Å². The second-order valence-corrected chi connectivity index (χ2v) is 8.37. The first-order chi connectivity index (χ1) is 14.5. The maximum absolute atomic E-state index is 12.7. The number of rotatable bonds is 7. The van der Waals surface area contributed by atoms with E-state index in [4.69, 9.17) is 4.74 Å². The molecule has 1 N–H and O–H groups in total. The SMILES string of the molecule is Cc1sc2ncn(CCC(=O)NCCOc3ccc4ccccc4c3)c(=O)c2c1C. The van der Waals surface area contributed by atoms with Crippen molar-refractivity contribution in [2.45, 2.75) is 26.8 Å². The Labute approximate surface area is 178 Å². The molecule has 2 aromatic carbocycles. The number of benzene rings is 2. The lowest BCUT2D eigenvalue weighted by atomic mass is 10.1. The molecule has 0 bridgehead atoms. The minimum absolute atomic E-state index is 0.0886. The summed E-state index contributed by atoms with van der Waals surface area (Å²) in [4.78, 5) is 31.0. The first-order valence-corrected chi connectivity index (χ1v) is 10.7. The highest BCUT2D eigenvalue weighted by molar-refractivity contribution is 7.18. The van der Waals surface area contributed by atoms with Crippen LogP contribution in [0.3, 0.4) is 0 Å². The zero-order valence-corrected chi connectivity index (χ0v) is 17.8. The molecule has 0 spiro atoms. The Balaban J connectivity index is 1.27. The largest absolute Gasteiger partial charge is 0.492 e. The molecule has 4 rings (SSSR count). The van der Waals surface area contributed by atoms with Gasteiger partial charge < -0.3 is 10.1 Å². The average molecular weight is 422 g/mol. The van der Waals surface area contributed by atoms with Crippen LogP contribution in [0.1, 0.15) is 16.9 Å². The summed E-state index contributed by atoms with van der Waals surface area (Å²) in [7, 11) is 0. The fraction of sp³-hybridized carbons (Fsp3) is 0.261. The van der Waals surface area contributed by atoms with E-state index in [1.165, 1.54) is 22.2 Å². The van der Waals surface area contributed by atoms with Gasteiger partial charge in [0.1, 0.15) is 17.2 Å². The molecular formula is C23H23N3O3S. The van der Waals surface area contributed by atoms with Crippen LogP contribution < -0.4 is 15.6 Å². The third kappa shape index (κ3) is 4.21. The van der Waals surface area contributed by atoms with Gasteiger partial charge in [-0.2, -0.15) is 0 Å². The van der Waals surface area contributed by atoms with Gasteiger partial charge in [0.05, 0.1) is 18.3 Å². The van der Waals surface area contributed by atoms with E-state index >= 15 is 0 Å². The number of nitrogens with one attached hydrogen (secondary N) is 1. The van der Waals surface area contributed by atoms with Crippen molar-refractivity contribution in [3.63, 3.8) is 0 Å². The molecule has 0 fully saturated rings. The van der Waals surface area contributed by atoms with Gasteiger partial charge in [-0.3, -0.25) is 14.2 Å². The topological polar surface area (TPSA) is 73.2 Å². The number of amides is 1. The Morgan fingerprint density at radius 1 is 1.17 bits per heavy atom. The molecule has 2 aromatic heterocycles. The zero-order valence-electron chi connectivity index (χ0n) is 17.0. The summed E-state index contributed by atoms with van der Waals surface area (Å²) < 4.78 is 7.24. The van der Waals surface area contributed by atoms with Crippen LogP contribution in [0.15, 0.2) is 53.6 Å². The van der Waals surface area contributed by atoms with Crippen molar-refractivity contribution in [1.82, 2.24) is 14.9 Å². The van der Waals surface area contributed by atoms with Crippen molar-refractivity contribution in [2.24, 2.45) is 0 Å². The Morgan fingerprint density at radius 3 is 2.80 bits per heavy atom. The van der Waals surface area contributed by atoms with E-state index in [1.807, 2.05) is 50.2 Å². The number of ether oxygens (including phenoxy) is 1. The molecule has 4 aromatic rings. The lowest BCUT2D eigenvalue weighted by molar-refractivity contribution is -0.121. The molecule has 0 atom stereocenters. The van der Waals surface area contributed by atoms with Crippen LogP contribution in [0.25, 0.3) is 21.0 Å². The van der Waals surface area contributed by atoms with E-state index in [0.717, 1.165) is 31.8 Å². The molecule has 30 heavy (non-hydrogen) atoms. The molecule has 0 radical (unpaired) electrons. The van der Waals surface area contributed by atoms with Crippen LogP contribution in [0.4, 0.5) is 0 Å². The van der Waals surface area contributed by atoms with Gasteiger partial charge in [-0.15, -0.1) is 11.3 Å². The van der Waals surface area contributed by atoms with Gasteiger partial charge in [0.15, 0.2) is 0 Å². The Kier molecular flexibility index (Phi) is 5.81. The number of fused-ring (bicyclic) bond motifs is 2. The predicted molar refractivity (Wildman–Crippen MR) is 120 cm³/mol. The fourth-order valence-corrected chi connectivity index (χ4v) is 4.34. The smallest absolute Gasteiger partial charge is 0.262 e. The number of thiophene rings is 1. The second-order valence-electron chi connectivity index (χ2n) is 7.16. The van der Waals surface area contributed by atoms with Crippen molar-refractivity contribution in [2.75, 3.05) is 13.2 Å². The summed E-state index contributed by atoms with van der Waals surface area (Å²) in [6.07, 6.45) is 1.74. The van der Waals surface area contributed by atoms with Crippen LogP contribution in [0, 0.1) is 13.8 Å². The molecule has 7 heteroatoms. The summed E-state index contributed by atoms with van der Waals surface area (Å²) in [5, 5.41) is 5.77. The second kappa shape index (κ2) is 8.67. The number of carbonyl (C=O) groups is 1. The maximum Gasteiger partial charge on any atom is 0.262 e. The monoisotopic (exact) mass is 421 g/mol. The van der Waals surface area contributed by atoms with E-state index in [0.29, 0.717) is 25.1 Å². The molecule has 0 saturated carbocycles. The van der Waals surface area contributed by atoms with Gasteiger partial charge in [-0.1, -0.05) is 30.3 Å². The molecule has 1 amide bonds. The zero-order chi connectivity index (χ0) is 21.1. The average Bonchev–Trinajstić information content (AvgIpc) is 3.05. The van der Waals surface area contributed by atoms with Crippen molar-refractivity contribution < 1.29 is 9.53 Å². The normalized spacial score (nSPS) is 11.1. The van der Waals surface area contributed by atoms with E-state index < -0.39 is 0 Å². The number of aromatic nitrogens is 2. The van der Waals surface area contributed by atoms with Crippen LogP contribution in [0.5, 0.6) is 5.75 Å². The molecule has 6 nitrogen and oxygen atoms in total. The van der Waals surface area contributed by atoms with Gasteiger partial charge in [-0.05, 0) is 42.3 Å². The highest BCUT2D eigenvalue weighted by Crippen LogP contribution is 2.25. The van der Waals surface area contributed by atoms with Gasteiger partial charge in [0.25, 0.3) is 5.56 Å². The molecule has 0 aliphatic carbocycles. The molecule has 154 valence electrons. The minimum atomic E-state index is -0.123. The molecule has 0 saturated heterocycles. The van der Waals surface area contributed by atoms with Crippen LogP contribution in [0.2, 0.25) is 0 Å². The van der Waals surface area contributed by atoms with Crippen molar-refractivity contribution in [3.8, 4) is 5.75 Å². The van der Waals surface area contributed by atoms with Crippen molar-refractivity contribution in [1.29, 1.82) is 0 Å². The number of aryl methyl sites for hydroxylation is 3. The van der Waals surface area contributed by atoms with Gasteiger partial charge >= 0.3 is 0 Å². The van der Waals surface area contributed by atoms with Gasteiger partial charge in [-0.25, -0.2) is 4.98 Å². The van der Waals surface area contributed by atoms with E-state index in [-0.39, 0.29) is 17.9 Å². The van der Waals surface area contributed by atoms with Crippen molar-refractivity contribution in [3.05, 3.63) is 69.6 Å². The van der Waals surface area contributed by atoms with Crippen LogP contribution in [-0.4, -0.2) is 28.6 Å². The lowest BCUT2D eigenvalue weighted by Crippen LogP contribution is -2.30. The molecular weight excluding hydrogens is 398 g/mol. The lowest BCUT2D eigenvalue weighted by Gasteiger charge is -2.09. The summed E-state index contributed by atoms with van der Waals surface area (Å²) in [5.74, 6) is 0.651. The van der Waals surface area contributed by atoms with Gasteiger partial charge in [0, 0.05) is 17.8 Å². The Bertz CT molecular complexity index is 1280. The van der Waals surface area contributed by atoms with E-state index in [1.54, 1.807) is 0 Å². The fourth-order valence-electron chi connectivity index (χ4n) is 3.36. The highest BCUT2D eigenvalue weighted by Gasteiger charge is 2.12. The quantitative estimate of drug-likeness (QED) is 0.461. The third-order valence-corrected chi connectivity index (χ3v) is 6.26. The van der Waals surface area contributed by atoms with Crippen LogP contribution in [-0.2, 0) is 11.3 Å². The van der Waals surface area contributed by atoms with Crippen molar-refractivity contribution >= 4 is 38.2 Å². The number of hydrogen-bond acceptors (Lipinski definition) is 5. The summed E-state index contributed by atoms with van der Waals surface area (Å²) >= 11 is 1.52. The third-order valence-electron chi connectivity index (χ3n) is 5.15. The van der Waals surface area contributed by atoms with E-state index in [9.17, 15) is 9.59 Å². The predicted octanol–water partition coefficient (Wildman–Crippen LogP) is 3.81. The summed E-state index contributed by atoms with van der Waals surface area (Å²) in [5.41, 5.74) is 0.881. The molecule has 0 unspecified atom stereocenters. The Hall–Kier alpha value is -3.19. The standard InChI is InChI=1S/C23H23N3O3S/c1-15-16(2)30-22-21(15)23(28)26(14-25-22)11-9-20(27)24-10-12-29-19-8-7-17-5-3-4-6-18(17)13-19/h3-8,13-14H,9-12H2,1-2H3,(H,24,27). The number of nitrogens with zero attached hydrogens (tertiary/aromatic N) is 2. The number of hydrogen-bond donors (Lipinski definition) is 1. The Morgan fingerprint density at radius 2 is 1.97 bits per heavy atom. The molecule has 0 aliphatic rings. The highest BCUT2D eigenvalue weighted by atomic mass is 32.1. The summed E-state index contributed by atoms with van der Waals surface area (Å²) in [6, 6.07) is 14.0. The number of carbonyl (C=O) groups excluding carboxylic acids is 1. The molecule has 0 aliphatic heterocycles. The minimum Gasteiger partial charge on any atom is -0.492 e. The van der Waals surface area contributed by atoms with Gasteiger partial charge in [0.2, 0.25) is 5.91 Å². The maximum atomic E-state index is 12.7.